The summed E-state index contributed by atoms with van der Waals surface area (Å²) in [5.74, 6) is 0. The van der Waals surface area contributed by atoms with Crippen LogP contribution in [0.3, 0.4) is 0 Å². The molecule has 0 saturated carbocycles. The van der Waals surface area contributed by atoms with Crippen molar-refractivity contribution >= 4 is 17.3 Å². The van der Waals surface area contributed by atoms with Gasteiger partial charge in [0.25, 0.3) is 0 Å². The fraction of sp³-hybridized carbons (Fsp3) is 0.278. The summed E-state index contributed by atoms with van der Waals surface area (Å²) in [5.41, 5.74) is 2.67. The molecule has 0 aliphatic rings. The molecule has 2 N–H and O–H groups in total. The molecule has 110 valence electrons. The van der Waals surface area contributed by atoms with E-state index in [0.717, 1.165) is 19.3 Å². The van der Waals surface area contributed by atoms with E-state index in [4.69, 9.17) is 12.2 Å². The Morgan fingerprint density at radius 2 is 1.62 bits per heavy atom. The van der Waals surface area contributed by atoms with E-state index in [1.165, 1.54) is 11.1 Å². The maximum Gasteiger partial charge on any atom is 0.166 e. The Bertz CT molecular complexity index is 540. The van der Waals surface area contributed by atoms with Gasteiger partial charge in [0.05, 0.1) is 6.04 Å². The van der Waals surface area contributed by atoms with Crippen LogP contribution in [0.2, 0.25) is 0 Å². The number of hydrogen-bond donors (Lipinski definition) is 2. The van der Waals surface area contributed by atoms with Crippen LogP contribution in [0.5, 0.6) is 0 Å². The smallest absolute Gasteiger partial charge is 0.166 e. The second kappa shape index (κ2) is 8.42. The first-order valence-electron chi connectivity index (χ1n) is 7.36. The van der Waals surface area contributed by atoms with Crippen molar-refractivity contribution in [3.8, 4) is 0 Å². The maximum absolute atomic E-state index is 5.25. The predicted octanol–water partition coefficient (Wildman–Crippen LogP) is 3.84. The normalized spacial score (nSPS) is 11.7. The van der Waals surface area contributed by atoms with Crippen molar-refractivity contribution in [1.29, 1.82) is 0 Å². The number of hydrogen-bond acceptors (Lipinski definition) is 1. The minimum absolute atomic E-state index is 0.259. The highest BCUT2D eigenvalue weighted by atomic mass is 32.1. The van der Waals surface area contributed by atoms with Gasteiger partial charge >= 0.3 is 0 Å². The highest BCUT2D eigenvalue weighted by Crippen LogP contribution is 2.19. The lowest BCUT2D eigenvalue weighted by atomic mass is 9.99. The summed E-state index contributed by atoms with van der Waals surface area (Å²) < 4.78 is 0. The molecule has 2 rings (SSSR count). The lowest BCUT2D eigenvalue weighted by Crippen LogP contribution is -2.35. The van der Waals surface area contributed by atoms with Crippen LogP contribution < -0.4 is 10.6 Å². The van der Waals surface area contributed by atoms with E-state index < -0.39 is 0 Å². The lowest BCUT2D eigenvalue weighted by molar-refractivity contribution is 0.560. The number of aryl methyl sites for hydroxylation is 1. The lowest BCUT2D eigenvalue weighted by Gasteiger charge is -2.20. The summed E-state index contributed by atoms with van der Waals surface area (Å²) in [4.78, 5) is 0. The molecule has 1 atom stereocenters. The van der Waals surface area contributed by atoms with E-state index in [2.05, 4.69) is 65.2 Å². The fourth-order valence-electron chi connectivity index (χ4n) is 2.39. The van der Waals surface area contributed by atoms with Gasteiger partial charge in [-0.3, -0.25) is 0 Å². The first-order chi connectivity index (χ1) is 10.3. The molecule has 0 fully saturated rings. The van der Waals surface area contributed by atoms with Crippen molar-refractivity contribution < 1.29 is 0 Å². The molecule has 0 radical (unpaired) electrons. The average molecular weight is 298 g/mol. The second-order valence-corrected chi connectivity index (χ2v) is 5.47. The minimum atomic E-state index is 0.259. The van der Waals surface area contributed by atoms with E-state index in [-0.39, 0.29) is 6.04 Å². The van der Waals surface area contributed by atoms with Crippen LogP contribution in [0.1, 0.15) is 30.0 Å². The highest BCUT2D eigenvalue weighted by Gasteiger charge is 2.11. The van der Waals surface area contributed by atoms with Crippen LogP contribution in [-0.2, 0) is 6.42 Å². The van der Waals surface area contributed by atoms with Gasteiger partial charge in [0.15, 0.2) is 5.11 Å². The Morgan fingerprint density at radius 3 is 2.24 bits per heavy atom. The third kappa shape index (κ3) is 5.20. The number of benzene rings is 2. The van der Waals surface area contributed by atoms with Gasteiger partial charge in [-0.05, 0) is 42.6 Å². The van der Waals surface area contributed by atoms with Crippen LogP contribution in [0.4, 0.5) is 0 Å². The van der Waals surface area contributed by atoms with E-state index in [0.29, 0.717) is 5.11 Å². The zero-order valence-corrected chi connectivity index (χ0v) is 13.2. The van der Waals surface area contributed by atoms with E-state index in [1.807, 2.05) is 13.1 Å². The molecule has 0 aromatic heterocycles. The van der Waals surface area contributed by atoms with Crippen molar-refractivity contribution in [3.63, 3.8) is 0 Å². The SMILES string of the molecule is CNC(=S)N[C@@H](CCCc1ccccc1)c1ccccc1. The summed E-state index contributed by atoms with van der Waals surface area (Å²) in [6, 6.07) is 21.4. The number of thiocarbonyl (C=S) groups is 1. The number of rotatable bonds is 6. The Kier molecular flexibility index (Phi) is 6.22. The molecule has 3 heteroatoms. The zero-order chi connectivity index (χ0) is 14.9. The summed E-state index contributed by atoms with van der Waals surface area (Å²) in [6.45, 7) is 0. The van der Waals surface area contributed by atoms with Gasteiger partial charge in [0, 0.05) is 7.05 Å². The zero-order valence-electron chi connectivity index (χ0n) is 12.4. The first kappa shape index (κ1) is 15.5. The van der Waals surface area contributed by atoms with Crippen molar-refractivity contribution in [2.24, 2.45) is 0 Å². The van der Waals surface area contributed by atoms with Crippen LogP contribution in [0, 0.1) is 0 Å². The summed E-state index contributed by atoms with van der Waals surface area (Å²) >= 11 is 5.25. The second-order valence-electron chi connectivity index (χ2n) is 5.06. The molecule has 2 aromatic carbocycles. The van der Waals surface area contributed by atoms with Crippen LogP contribution in [0.25, 0.3) is 0 Å². The molecule has 0 heterocycles. The minimum Gasteiger partial charge on any atom is -0.366 e. The molecular formula is C18H22N2S. The average Bonchev–Trinajstić information content (AvgIpc) is 2.55. The molecule has 0 amide bonds. The van der Waals surface area contributed by atoms with E-state index in [9.17, 15) is 0 Å². The predicted molar refractivity (Wildman–Crippen MR) is 93.4 cm³/mol. The Labute approximate surface area is 132 Å². The Hall–Kier alpha value is -1.87. The van der Waals surface area contributed by atoms with Crippen LogP contribution >= 0.6 is 12.2 Å². The van der Waals surface area contributed by atoms with E-state index >= 15 is 0 Å². The quantitative estimate of drug-likeness (QED) is 0.792. The topological polar surface area (TPSA) is 24.1 Å². The third-order valence-electron chi connectivity index (χ3n) is 3.54. The third-order valence-corrected chi connectivity index (χ3v) is 3.86. The van der Waals surface area contributed by atoms with Gasteiger partial charge in [0.2, 0.25) is 0 Å². The van der Waals surface area contributed by atoms with Gasteiger partial charge in [0.1, 0.15) is 0 Å². The van der Waals surface area contributed by atoms with Gasteiger partial charge in [-0.15, -0.1) is 0 Å². The monoisotopic (exact) mass is 298 g/mol. The van der Waals surface area contributed by atoms with Crippen LogP contribution in [-0.4, -0.2) is 12.2 Å². The number of nitrogens with one attached hydrogen (secondary N) is 2. The molecule has 0 saturated heterocycles. The fourth-order valence-corrected chi connectivity index (χ4v) is 2.54. The van der Waals surface area contributed by atoms with Gasteiger partial charge < -0.3 is 10.6 Å². The molecular weight excluding hydrogens is 276 g/mol. The Morgan fingerprint density at radius 1 is 1.00 bits per heavy atom. The molecule has 2 nitrogen and oxygen atoms in total. The van der Waals surface area contributed by atoms with E-state index in [1.54, 1.807) is 0 Å². The van der Waals surface area contributed by atoms with Gasteiger partial charge in [-0.25, -0.2) is 0 Å². The van der Waals surface area contributed by atoms with Crippen molar-refractivity contribution in [2.45, 2.75) is 25.3 Å². The summed E-state index contributed by atoms with van der Waals surface area (Å²) in [7, 11) is 1.85. The van der Waals surface area contributed by atoms with Crippen molar-refractivity contribution in [2.75, 3.05) is 7.05 Å². The molecule has 0 bridgehead atoms. The molecule has 2 aromatic rings. The summed E-state index contributed by atoms with van der Waals surface area (Å²) in [6.07, 6.45) is 3.28. The highest BCUT2D eigenvalue weighted by molar-refractivity contribution is 7.80. The molecule has 0 aliphatic heterocycles. The van der Waals surface area contributed by atoms with Crippen LogP contribution in [0.15, 0.2) is 60.7 Å². The van der Waals surface area contributed by atoms with Crippen molar-refractivity contribution in [3.05, 3.63) is 71.8 Å². The molecule has 0 aliphatic carbocycles. The molecule has 21 heavy (non-hydrogen) atoms. The van der Waals surface area contributed by atoms with Crippen molar-refractivity contribution in [1.82, 2.24) is 10.6 Å². The first-order valence-corrected chi connectivity index (χ1v) is 7.77. The molecule has 0 spiro atoms. The maximum atomic E-state index is 5.25. The summed E-state index contributed by atoms with van der Waals surface area (Å²) in [5, 5.41) is 7.08. The largest absolute Gasteiger partial charge is 0.366 e. The van der Waals surface area contributed by atoms with Gasteiger partial charge in [-0.1, -0.05) is 60.7 Å². The standard InChI is InChI=1S/C18H22N2S/c1-19-18(21)20-17(16-12-6-3-7-13-16)14-8-11-15-9-4-2-5-10-15/h2-7,9-10,12-13,17H,8,11,14H2,1H3,(H2,19,20,21)/t17-/m0/s1. The van der Waals surface area contributed by atoms with Gasteiger partial charge in [-0.2, -0.15) is 0 Å². The molecule has 0 unspecified atom stereocenters. The Balaban J connectivity index is 1.94.